The van der Waals surface area contributed by atoms with Gasteiger partial charge in [0.15, 0.2) is 6.10 Å². The summed E-state index contributed by atoms with van der Waals surface area (Å²) in [7, 11) is 0. The first kappa shape index (κ1) is 67.6. The van der Waals surface area contributed by atoms with Gasteiger partial charge in [0.2, 0.25) is 0 Å². The zero-order valence-electron chi connectivity index (χ0n) is 46.7. The first-order valence-electron chi connectivity index (χ1n) is 30.1. The van der Waals surface area contributed by atoms with Gasteiger partial charge in [-0.15, -0.1) is 0 Å². The van der Waals surface area contributed by atoms with Crippen LogP contribution in [-0.2, 0) is 28.6 Å². The number of allylic oxidation sites excluding steroid dienone is 14. The smallest absolute Gasteiger partial charge is 0.306 e. The molecule has 0 rings (SSSR count). The Kier molecular flexibility index (Phi) is 56.3. The SMILES string of the molecule is CC/C=C\C/C=C\C/C=C\C/C=C\CCCCCCCCCCCCCCCCCCCCCCCCC(=O)OCC(COC(=O)CCCCCCC)OC(=O)CCCCC/C=C\C/C=C\C/C=C\CC. The van der Waals surface area contributed by atoms with Gasteiger partial charge in [-0.2, -0.15) is 0 Å². The van der Waals surface area contributed by atoms with E-state index in [1.165, 1.54) is 135 Å². The Morgan fingerprint density at radius 1 is 0.296 bits per heavy atom. The van der Waals surface area contributed by atoms with Crippen LogP contribution in [0.2, 0.25) is 0 Å². The Bertz CT molecular complexity index is 1370. The maximum atomic E-state index is 12.7. The van der Waals surface area contributed by atoms with Crippen molar-refractivity contribution in [3.05, 3.63) is 85.1 Å². The van der Waals surface area contributed by atoms with E-state index in [4.69, 9.17) is 14.2 Å². The molecule has 0 aromatic rings. The van der Waals surface area contributed by atoms with E-state index in [0.717, 1.165) is 116 Å². The summed E-state index contributed by atoms with van der Waals surface area (Å²) in [5.41, 5.74) is 0. The second-order valence-corrected chi connectivity index (χ2v) is 19.9. The molecule has 0 aliphatic heterocycles. The minimum absolute atomic E-state index is 0.0850. The summed E-state index contributed by atoms with van der Waals surface area (Å²) in [5.74, 6) is -0.923. The normalized spacial score (nSPS) is 12.7. The van der Waals surface area contributed by atoms with E-state index in [1.807, 2.05) is 0 Å². The highest BCUT2D eigenvalue weighted by Gasteiger charge is 2.19. The summed E-state index contributed by atoms with van der Waals surface area (Å²) < 4.78 is 16.7. The van der Waals surface area contributed by atoms with Crippen LogP contribution in [0.5, 0.6) is 0 Å². The van der Waals surface area contributed by atoms with E-state index in [-0.39, 0.29) is 31.1 Å². The molecule has 0 saturated heterocycles. The van der Waals surface area contributed by atoms with E-state index in [0.29, 0.717) is 19.3 Å². The highest BCUT2D eigenvalue weighted by Crippen LogP contribution is 2.17. The molecule has 1 unspecified atom stereocenters. The summed E-state index contributed by atoms with van der Waals surface area (Å²) in [4.78, 5) is 37.7. The van der Waals surface area contributed by atoms with Crippen molar-refractivity contribution >= 4 is 17.9 Å². The molecule has 0 aromatic carbocycles. The second kappa shape index (κ2) is 59.2. The lowest BCUT2D eigenvalue weighted by Gasteiger charge is -2.18. The largest absolute Gasteiger partial charge is 0.462 e. The predicted octanol–water partition coefficient (Wildman–Crippen LogP) is 20.3. The van der Waals surface area contributed by atoms with E-state index in [1.54, 1.807) is 0 Å². The third kappa shape index (κ3) is 57.4. The molecule has 0 aliphatic rings. The van der Waals surface area contributed by atoms with Crippen molar-refractivity contribution in [1.82, 2.24) is 0 Å². The molecule has 0 radical (unpaired) electrons. The van der Waals surface area contributed by atoms with Crippen molar-refractivity contribution in [3.63, 3.8) is 0 Å². The fourth-order valence-electron chi connectivity index (χ4n) is 8.45. The van der Waals surface area contributed by atoms with Gasteiger partial charge >= 0.3 is 17.9 Å². The monoisotopic (exact) mass is 989 g/mol. The number of carbonyl (C=O) groups is 3. The Labute approximate surface area is 439 Å². The first-order chi connectivity index (χ1) is 35.0. The average molecular weight is 990 g/mol. The van der Waals surface area contributed by atoms with Gasteiger partial charge in [-0.05, 0) is 89.9 Å². The number of carbonyl (C=O) groups excluding carboxylic acids is 3. The van der Waals surface area contributed by atoms with Crippen molar-refractivity contribution < 1.29 is 28.6 Å². The average Bonchev–Trinajstić information content (AvgIpc) is 3.37. The molecule has 0 aromatic heterocycles. The molecule has 0 spiro atoms. The summed E-state index contributed by atoms with van der Waals surface area (Å²) in [6, 6.07) is 0. The summed E-state index contributed by atoms with van der Waals surface area (Å²) >= 11 is 0. The molecule has 71 heavy (non-hydrogen) atoms. The summed E-state index contributed by atoms with van der Waals surface area (Å²) in [6.07, 6.45) is 78.1. The van der Waals surface area contributed by atoms with Crippen LogP contribution >= 0.6 is 0 Å². The number of ether oxygens (including phenoxy) is 3. The number of rotatable bonds is 54. The predicted molar refractivity (Wildman–Crippen MR) is 307 cm³/mol. The molecule has 0 aliphatic carbocycles. The van der Waals surface area contributed by atoms with Crippen LogP contribution in [0.15, 0.2) is 85.1 Å². The Morgan fingerprint density at radius 2 is 0.549 bits per heavy atom. The van der Waals surface area contributed by atoms with Crippen LogP contribution in [0, 0.1) is 0 Å². The van der Waals surface area contributed by atoms with Crippen LogP contribution in [0.25, 0.3) is 0 Å². The van der Waals surface area contributed by atoms with Crippen LogP contribution in [0.3, 0.4) is 0 Å². The fraction of sp³-hybridized carbons (Fsp3) is 0.738. The first-order valence-corrected chi connectivity index (χ1v) is 30.1. The molecule has 0 amide bonds. The van der Waals surface area contributed by atoms with Crippen LogP contribution in [-0.4, -0.2) is 37.2 Å². The molecular weight excluding hydrogens is 877 g/mol. The van der Waals surface area contributed by atoms with Crippen LogP contribution in [0.1, 0.15) is 290 Å². The van der Waals surface area contributed by atoms with Gasteiger partial charge in [-0.1, -0.05) is 266 Å². The van der Waals surface area contributed by atoms with Crippen molar-refractivity contribution in [2.75, 3.05) is 13.2 Å². The quantitative estimate of drug-likeness (QED) is 0.0261. The molecule has 0 saturated carbocycles. The van der Waals surface area contributed by atoms with E-state index >= 15 is 0 Å². The Balaban J connectivity index is 3.87. The van der Waals surface area contributed by atoms with Gasteiger partial charge in [-0.3, -0.25) is 14.4 Å². The highest BCUT2D eigenvalue weighted by molar-refractivity contribution is 5.71. The maximum Gasteiger partial charge on any atom is 0.306 e. The standard InChI is InChI=1S/C65H112O6/c1-4-7-10-13-15-17-19-21-22-23-24-25-26-27-28-29-30-31-32-33-34-35-36-37-38-39-40-41-42-44-45-47-49-52-55-58-64(67)70-61-62(60-69-63(66)57-54-51-12-9-6-3)71-65(68)59-56-53-50-48-46-43-20-18-16-14-11-8-5-2/h7-8,10-11,15-18,21-22,24-25,43,46,62H,4-6,9,12-14,19-20,23,26-42,44-45,47-61H2,1-3H3/b10-7-,11-8-,17-15-,18-16-,22-21-,25-24-,46-43-. The molecular formula is C65H112O6. The van der Waals surface area contributed by atoms with E-state index in [9.17, 15) is 14.4 Å². The number of unbranched alkanes of at least 4 members (excludes halogenated alkanes) is 29. The van der Waals surface area contributed by atoms with Crippen molar-refractivity contribution in [2.45, 2.75) is 297 Å². The molecule has 0 fully saturated rings. The zero-order chi connectivity index (χ0) is 51.4. The van der Waals surface area contributed by atoms with Crippen molar-refractivity contribution in [1.29, 1.82) is 0 Å². The summed E-state index contributed by atoms with van der Waals surface area (Å²) in [6.45, 7) is 6.31. The van der Waals surface area contributed by atoms with Crippen LogP contribution < -0.4 is 0 Å². The fourth-order valence-corrected chi connectivity index (χ4v) is 8.45. The topological polar surface area (TPSA) is 78.9 Å². The molecule has 6 heteroatoms. The van der Waals surface area contributed by atoms with Gasteiger partial charge in [0, 0.05) is 19.3 Å². The van der Waals surface area contributed by atoms with E-state index in [2.05, 4.69) is 106 Å². The number of esters is 3. The van der Waals surface area contributed by atoms with E-state index < -0.39 is 6.10 Å². The second-order valence-electron chi connectivity index (χ2n) is 19.9. The number of hydrogen-bond acceptors (Lipinski definition) is 6. The maximum absolute atomic E-state index is 12.7. The van der Waals surface area contributed by atoms with Gasteiger partial charge in [0.1, 0.15) is 13.2 Å². The zero-order valence-corrected chi connectivity index (χ0v) is 46.7. The van der Waals surface area contributed by atoms with Gasteiger partial charge < -0.3 is 14.2 Å². The summed E-state index contributed by atoms with van der Waals surface area (Å²) in [5, 5.41) is 0. The molecule has 0 heterocycles. The lowest BCUT2D eigenvalue weighted by molar-refractivity contribution is -0.167. The van der Waals surface area contributed by atoms with Gasteiger partial charge in [0.25, 0.3) is 0 Å². The molecule has 408 valence electrons. The minimum atomic E-state index is -0.784. The van der Waals surface area contributed by atoms with Gasteiger partial charge in [-0.25, -0.2) is 0 Å². The Morgan fingerprint density at radius 3 is 0.873 bits per heavy atom. The van der Waals surface area contributed by atoms with Crippen LogP contribution in [0.4, 0.5) is 0 Å². The molecule has 6 nitrogen and oxygen atoms in total. The lowest BCUT2D eigenvalue weighted by Crippen LogP contribution is -2.30. The molecule has 0 N–H and O–H groups in total. The lowest BCUT2D eigenvalue weighted by atomic mass is 10.0. The van der Waals surface area contributed by atoms with Gasteiger partial charge in [0.05, 0.1) is 0 Å². The van der Waals surface area contributed by atoms with Crippen molar-refractivity contribution in [2.24, 2.45) is 0 Å². The third-order valence-corrected chi connectivity index (χ3v) is 12.9. The highest BCUT2D eigenvalue weighted by atomic mass is 16.6. The minimum Gasteiger partial charge on any atom is -0.462 e. The number of hydrogen-bond donors (Lipinski definition) is 0. The third-order valence-electron chi connectivity index (χ3n) is 12.9. The van der Waals surface area contributed by atoms with Crippen molar-refractivity contribution in [3.8, 4) is 0 Å². The molecule has 1 atom stereocenters. The Hall–Kier alpha value is -3.41. The molecule has 0 bridgehead atoms.